The van der Waals surface area contributed by atoms with E-state index in [4.69, 9.17) is 14.2 Å². The number of aliphatic imine (C=N–C) groups is 1. The maximum absolute atomic E-state index is 5.77. The van der Waals surface area contributed by atoms with Gasteiger partial charge in [-0.25, -0.2) is 0 Å². The van der Waals surface area contributed by atoms with Crippen molar-refractivity contribution in [3.8, 4) is 17.2 Å². The van der Waals surface area contributed by atoms with E-state index in [2.05, 4.69) is 34.7 Å². The number of benzene rings is 2. The first kappa shape index (κ1) is 24.9. The van der Waals surface area contributed by atoms with E-state index < -0.39 is 0 Å². The topological polar surface area (TPSA) is 64.1 Å². The molecule has 0 aromatic heterocycles. The Hall–Kier alpha value is -2.16. The van der Waals surface area contributed by atoms with E-state index in [0.29, 0.717) is 18.8 Å². The zero-order valence-corrected chi connectivity index (χ0v) is 20.0. The highest BCUT2D eigenvalue weighted by Gasteiger charge is 2.06. The summed E-state index contributed by atoms with van der Waals surface area (Å²) in [5, 5.41) is 6.64. The molecule has 2 aromatic carbocycles. The Bertz CT molecular complexity index is 769. The predicted molar refractivity (Wildman–Crippen MR) is 129 cm³/mol. The van der Waals surface area contributed by atoms with Gasteiger partial charge in [-0.15, -0.1) is 24.0 Å². The fourth-order valence-electron chi connectivity index (χ4n) is 2.66. The van der Waals surface area contributed by atoms with Crippen LogP contribution in [0.15, 0.2) is 47.5 Å². The van der Waals surface area contributed by atoms with Crippen LogP contribution in [-0.2, 0) is 13.1 Å². The van der Waals surface area contributed by atoms with Gasteiger partial charge in [0.05, 0.1) is 20.8 Å². The van der Waals surface area contributed by atoms with Gasteiger partial charge in [0.2, 0.25) is 0 Å². The Morgan fingerprint density at radius 3 is 2.24 bits per heavy atom. The zero-order chi connectivity index (χ0) is 20.2. The Morgan fingerprint density at radius 1 is 0.931 bits per heavy atom. The molecule has 0 fully saturated rings. The molecule has 0 aliphatic carbocycles. The summed E-state index contributed by atoms with van der Waals surface area (Å²) in [5.74, 6) is 3.06. The SMILES string of the molecule is CCCCOc1cccc(CNC(=NC)NCc2ccc(OC)c(OC)c2)c1.I. The molecule has 0 spiro atoms. The summed E-state index contributed by atoms with van der Waals surface area (Å²) < 4.78 is 16.4. The van der Waals surface area contributed by atoms with Crippen LogP contribution < -0.4 is 24.8 Å². The number of ether oxygens (including phenoxy) is 3. The second kappa shape index (κ2) is 13.9. The monoisotopic (exact) mass is 513 g/mol. The third-order valence-electron chi connectivity index (χ3n) is 4.26. The first-order valence-corrected chi connectivity index (χ1v) is 9.57. The normalized spacial score (nSPS) is 10.7. The Kier molecular flexibility index (Phi) is 11.9. The molecule has 0 aliphatic rings. The quantitative estimate of drug-likeness (QED) is 0.214. The van der Waals surface area contributed by atoms with Crippen molar-refractivity contribution in [3.63, 3.8) is 0 Å². The van der Waals surface area contributed by atoms with Crippen molar-refractivity contribution in [3.05, 3.63) is 53.6 Å². The van der Waals surface area contributed by atoms with Gasteiger partial charge in [-0.2, -0.15) is 0 Å². The minimum Gasteiger partial charge on any atom is -0.494 e. The van der Waals surface area contributed by atoms with E-state index in [0.717, 1.165) is 48.0 Å². The van der Waals surface area contributed by atoms with Crippen molar-refractivity contribution in [2.75, 3.05) is 27.9 Å². The number of nitrogens with one attached hydrogen (secondary N) is 2. The zero-order valence-electron chi connectivity index (χ0n) is 17.7. The van der Waals surface area contributed by atoms with Gasteiger partial charge < -0.3 is 24.8 Å². The summed E-state index contributed by atoms with van der Waals surface area (Å²) in [4.78, 5) is 4.28. The lowest BCUT2D eigenvalue weighted by molar-refractivity contribution is 0.309. The lowest BCUT2D eigenvalue weighted by Crippen LogP contribution is -2.36. The molecule has 0 atom stereocenters. The molecule has 2 rings (SSSR count). The van der Waals surface area contributed by atoms with E-state index in [-0.39, 0.29) is 24.0 Å². The van der Waals surface area contributed by atoms with Gasteiger partial charge in [0.15, 0.2) is 17.5 Å². The highest BCUT2D eigenvalue weighted by Crippen LogP contribution is 2.27. The summed E-state index contributed by atoms with van der Waals surface area (Å²) in [6, 6.07) is 14.0. The highest BCUT2D eigenvalue weighted by molar-refractivity contribution is 14.0. The van der Waals surface area contributed by atoms with E-state index in [1.165, 1.54) is 0 Å². The number of methoxy groups -OCH3 is 2. The number of unbranched alkanes of at least 4 members (excludes halogenated alkanes) is 1. The summed E-state index contributed by atoms with van der Waals surface area (Å²) in [5.41, 5.74) is 2.22. The van der Waals surface area contributed by atoms with Crippen molar-refractivity contribution in [2.24, 2.45) is 4.99 Å². The van der Waals surface area contributed by atoms with Gasteiger partial charge >= 0.3 is 0 Å². The Morgan fingerprint density at radius 2 is 1.62 bits per heavy atom. The van der Waals surface area contributed by atoms with Crippen LogP contribution in [0.25, 0.3) is 0 Å². The van der Waals surface area contributed by atoms with Crippen molar-refractivity contribution < 1.29 is 14.2 Å². The third-order valence-corrected chi connectivity index (χ3v) is 4.26. The molecular formula is C22H32IN3O3. The van der Waals surface area contributed by atoms with Crippen LogP contribution in [-0.4, -0.2) is 33.8 Å². The standard InChI is InChI=1S/C22H31N3O3.HI/c1-5-6-12-28-19-9-7-8-17(13-19)15-24-22(23-2)25-16-18-10-11-20(26-3)21(14-18)27-4;/h7-11,13-14H,5-6,12,15-16H2,1-4H3,(H2,23,24,25);1H. The van der Waals surface area contributed by atoms with Crippen molar-refractivity contribution >= 4 is 29.9 Å². The second-order valence-electron chi connectivity index (χ2n) is 6.32. The molecule has 0 saturated carbocycles. The molecular weight excluding hydrogens is 481 g/mol. The summed E-state index contributed by atoms with van der Waals surface area (Å²) in [7, 11) is 5.02. The average molecular weight is 513 g/mol. The van der Waals surface area contributed by atoms with Crippen LogP contribution in [0.5, 0.6) is 17.2 Å². The first-order valence-electron chi connectivity index (χ1n) is 9.57. The van der Waals surface area contributed by atoms with Crippen LogP contribution in [0.1, 0.15) is 30.9 Å². The average Bonchev–Trinajstić information content (AvgIpc) is 2.74. The maximum Gasteiger partial charge on any atom is 0.191 e. The summed E-state index contributed by atoms with van der Waals surface area (Å²) in [6.07, 6.45) is 2.19. The predicted octanol–water partition coefficient (Wildman–Crippen LogP) is 4.37. The van der Waals surface area contributed by atoms with Crippen LogP contribution in [0.2, 0.25) is 0 Å². The lowest BCUT2D eigenvalue weighted by atomic mass is 10.2. The fraction of sp³-hybridized carbons (Fsp3) is 0.409. The maximum atomic E-state index is 5.77. The lowest BCUT2D eigenvalue weighted by Gasteiger charge is -2.14. The highest BCUT2D eigenvalue weighted by atomic mass is 127. The summed E-state index contributed by atoms with van der Waals surface area (Å²) >= 11 is 0. The van der Waals surface area contributed by atoms with Crippen molar-refractivity contribution in [1.29, 1.82) is 0 Å². The number of rotatable bonds is 10. The van der Waals surface area contributed by atoms with E-state index >= 15 is 0 Å². The molecule has 0 radical (unpaired) electrons. The first-order chi connectivity index (χ1) is 13.7. The molecule has 0 aliphatic heterocycles. The van der Waals surface area contributed by atoms with Crippen molar-refractivity contribution in [1.82, 2.24) is 10.6 Å². The number of hydrogen-bond acceptors (Lipinski definition) is 4. The molecule has 0 saturated heterocycles. The second-order valence-corrected chi connectivity index (χ2v) is 6.32. The molecule has 7 heteroatoms. The smallest absolute Gasteiger partial charge is 0.191 e. The molecule has 160 valence electrons. The molecule has 0 heterocycles. The van der Waals surface area contributed by atoms with Crippen LogP contribution >= 0.6 is 24.0 Å². The Balaban J connectivity index is 0.00000420. The molecule has 0 amide bonds. The largest absolute Gasteiger partial charge is 0.494 e. The molecule has 0 bridgehead atoms. The van der Waals surface area contributed by atoms with Gasteiger partial charge in [0.1, 0.15) is 5.75 Å². The molecule has 6 nitrogen and oxygen atoms in total. The third kappa shape index (κ3) is 8.39. The number of halogens is 1. The number of nitrogens with zero attached hydrogens (tertiary/aromatic N) is 1. The van der Waals surface area contributed by atoms with Gasteiger partial charge in [0, 0.05) is 20.1 Å². The fourth-order valence-corrected chi connectivity index (χ4v) is 2.66. The van der Waals surface area contributed by atoms with Crippen LogP contribution in [0.4, 0.5) is 0 Å². The van der Waals surface area contributed by atoms with Crippen LogP contribution in [0.3, 0.4) is 0 Å². The molecule has 2 aromatic rings. The van der Waals surface area contributed by atoms with Crippen LogP contribution in [0, 0.1) is 0 Å². The summed E-state index contributed by atoms with van der Waals surface area (Å²) in [6.45, 7) is 4.20. The van der Waals surface area contributed by atoms with E-state index in [9.17, 15) is 0 Å². The molecule has 0 unspecified atom stereocenters. The van der Waals surface area contributed by atoms with Gasteiger partial charge in [-0.1, -0.05) is 31.5 Å². The Labute approximate surface area is 191 Å². The molecule has 29 heavy (non-hydrogen) atoms. The van der Waals surface area contributed by atoms with Gasteiger partial charge in [0.25, 0.3) is 0 Å². The number of guanidine groups is 1. The molecule has 2 N–H and O–H groups in total. The minimum atomic E-state index is 0. The minimum absolute atomic E-state index is 0. The number of hydrogen-bond donors (Lipinski definition) is 2. The van der Waals surface area contributed by atoms with E-state index in [1.54, 1.807) is 21.3 Å². The van der Waals surface area contributed by atoms with Crippen molar-refractivity contribution in [2.45, 2.75) is 32.9 Å². The van der Waals surface area contributed by atoms with E-state index in [1.807, 2.05) is 30.3 Å². The van der Waals surface area contributed by atoms with Gasteiger partial charge in [-0.05, 0) is 41.8 Å². The van der Waals surface area contributed by atoms with Gasteiger partial charge in [-0.3, -0.25) is 4.99 Å².